The van der Waals surface area contributed by atoms with Crippen molar-refractivity contribution in [2.45, 2.75) is 96.0 Å². The largest absolute Gasteiger partial charge is 0.393 e. The van der Waals surface area contributed by atoms with Crippen LogP contribution in [0.25, 0.3) is 0 Å². The maximum atomic E-state index is 9.36. The van der Waals surface area contributed by atoms with Gasteiger partial charge in [0.15, 0.2) is 12.1 Å². The maximum absolute atomic E-state index is 9.36. The molecule has 2 fully saturated rings. The van der Waals surface area contributed by atoms with E-state index in [1.807, 2.05) is 39.0 Å². The van der Waals surface area contributed by atoms with Gasteiger partial charge in [-0.15, -0.1) is 0 Å². The topological polar surface area (TPSA) is 57.2 Å². The molecule has 3 rings (SSSR count). The van der Waals surface area contributed by atoms with Crippen LogP contribution in [-0.4, -0.2) is 41.6 Å². The van der Waals surface area contributed by atoms with Gasteiger partial charge in [-0.2, -0.15) is 0 Å². The molecule has 0 aliphatic carbocycles. The van der Waals surface area contributed by atoms with Crippen LogP contribution in [-0.2, 0) is 25.6 Å². The van der Waals surface area contributed by atoms with Crippen LogP contribution in [0.4, 0.5) is 0 Å². The fourth-order valence-electron chi connectivity index (χ4n) is 3.71. The lowest BCUT2D eigenvalue weighted by atomic mass is 10.0. The minimum Gasteiger partial charge on any atom is -0.393 e. The molecule has 2 heterocycles. The van der Waals surface area contributed by atoms with Crippen molar-refractivity contribution in [2.75, 3.05) is 0 Å². The van der Waals surface area contributed by atoms with Crippen LogP contribution < -0.4 is 0 Å². The van der Waals surface area contributed by atoms with Gasteiger partial charge < -0.3 is 24.1 Å². The van der Waals surface area contributed by atoms with Gasteiger partial charge in [-0.3, -0.25) is 0 Å². The number of fused-ring (bicyclic) bond motifs is 1. The van der Waals surface area contributed by atoms with Crippen LogP contribution in [0.2, 0.25) is 0 Å². The minimum atomic E-state index is -0.633. The highest BCUT2D eigenvalue weighted by atomic mass is 16.8. The number of ether oxygens (including phenoxy) is 4. The van der Waals surface area contributed by atoms with E-state index < -0.39 is 5.79 Å². The average molecular weight is 364 g/mol. The molecule has 0 saturated carbocycles. The molecule has 26 heavy (non-hydrogen) atoms. The van der Waals surface area contributed by atoms with E-state index in [0.29, 0.717) is 6.61 Å². The van der Waals surface area contributed by atoms with Crippen LogP contribution in [0.1, 0.15) is 58.4 Å². The standard InChI is InChI=1S/C21H32O5/c1-15(22)10-6-4-9-13-17-18(23-14-16-11-7-5-8-12-16)19-20(24-17)26-21(2,3)25-19/h5,7-8,11-12,15,17-20,22H,4,6,9-10,13-14H2,1-3H3/t15-,17-,18+,19-,20-/m1/s1. The monoisotopic (exact) mass is 364 g/mol. The molecule has 0 spiro atoms. The molecule has 0 amide bonds. The smallest absolute Gasteiger partial charge is 0.190 e. The number of rotatable bonds is 9. The average Bonchev–Trinajstić information content (AvgIpc) is 3.05. The first-order chi connectivity index (χ1) is 12.4. The van der Waals surface area contributed by atoms with E-state index in [1.165, 1.54) is 0 Å². The van der Waals surface area contributed by atoms with Gasteiger partial charge in [0.1, 0.15) is 12.2 Å². The molecular formula is C21H32O5. The van der Waals surface area contributed by atoms with Gasteiger partial charge in [-0.25, -0.2) is 0 Å². The van der Waals surface area contributed by atoms with Crippen LogP contribution in [0.5, 0.6) is 0 Å². The zero-order chi connectivity index (χ0) is 18.6. The molecule has 5 atom stereocenters. The number of benzene rings is 1. The molecule has 2 aliphatic heterocycles. The number of aliphatic hydroxyl groups is 1. The number of hydrogen-bond acceptors (Lipinski definition) is 5. The molecular weight excluding hydrogens is 332 g/mol. The second-order valence-electron chi connectivity index (χ2n) is 7.89. The molecule has 2 saturated heterocycles. The highest BCUT2D eigenvalue weighted by Gasteiger charge is 2.55. The Bertz CT molecular complexity index is 545. The molecule has 2 aliphatic rings. The summed E-state index contributed by atoms with van der Waals surface area (Å²) in [4.78, 5) is 0. The van der Waals surface area contributed by atoms with Crippen LogP contribution in [0.3, 0.4) is 0 Å². The fourth-order valence-corrected chi connectivity index (χ4v) is 3.71. The van der Waals surface area contributed by atoms with Crippen LogP contribution in [0.15, 0.2) is 30.3 Å². The number of aliphatic hydroxyl groups excluding tert-OH is 1. The van der Waals surface area contributed by atoms with Gasteiger partial charge in [0.05, 0.1) is 18.8 Å². The Kier molecular flexibility index (Phi) is 6.70. The zero-order valence-corrected chi connectivity index (χ0v) is 16.1. The molecule has 1 aromatic carbocycles. The summed E-state index contributed by atoms with van der Waals surface area (Å²) in [7, 11) is 0. The first kappa shape index (κ1) is 19.8. The Labute approximate surface area is 156 Å². The predicted octanol–water partition coefficient (Wildman–Crippen LogP) is 3.78. The molecule has 1 aromatic rings. The first-order valence-electron chi connectivity index (χ1n) is 9.79. The van der Waals surface area contributed by atoms with Gasteiger partial charge in [-0.05, 0) is 39.2 Å². The lowest BCUT2D eigenvalue weighted by Gasteiger charge is -2.26. The molecule has 0 unspecified atom stereocenters. The summed E-state index contributed by atoms with van der Waals surface area (Å²) in [5.74, 6) is -0.633. The van der Waals surface area contributed by atoms with E-state index in [1.54, 1.807) is 0 Å². The van der Waals surface area contributed by atoms with Crippen molar-refractivity contribution in [1.82, 2.24) is 0 Å². The first-order valence-corrected chi connectivity index (χ1v) is 9.79. The summed E-state index contributed by atoms with van der Waals surface area (Å²) < 4.78 is 24.3. The molecule has 0 bridgehead atoms. The third kappa shape index (κ3) is 5.27. The lowest BCUT2D eigenvalue weighted by Crippen LogP contribution is -2.36. The quantitative estimate of drug-likeness (QED) is 0.676. The summed E-state index contributed by atoms with van der Waals surface area (Å²) in [5, 5.41) is 9.36. The van der Waals surface area contributed by atoms with Gasteiger partial charge >= 0.3 is 0 Å². The predicted molar refractivity (Wildman–Crippen MR) is 98.5 cm³/mol. The number of unbranched alkanes of at least 4 members (excludes halogenated alkanes) is 2. The van der Waals surface area contributed by atoms with Crippen molar-refractivity contribution in [2.24, 2.45) is 0 Å². The van der Waals surface area contributed by atoms with Gasteiger partial charge in [0.25, 0.3) is 0 Å². The number of hydrogen-bond donors (Lipinski definition) is 1. The van der Waals surface area contributed by atoms with E-state index >= 15 is 0 Å². The van der Waals surface area contributed by atoms with Crippen molar-refractivity contribution in [3.63, 3.8) is 0 Å². The summed E-state index contributed by atoms with van der Waals surface area (Å²) in [6.07, 6.45) is 4.03. The van der Waals surface area contributed by atoms with E-state index in [2.05, 4.69) is 12.1 Å². The zero-order valence-electron chi connectivity index (χ0n) is 16.1. The lowest BCUT2D eigenvalue weighted by molar-refractivity contribution is -0.219. The molecule has 0 aromatic heterocycles. The SMILES string of the molecule is C[C@@H](O)CCCCC[C@H]1O[C@@H]2OC(C)(C)O[C@@H]2[C@H]1OCc1ccccc1. The van der Waals surface area contributed by atoms with E-state index in [9.17, 15) is 5.11 Å². The van der Waals surface area contributed by atoms with Crippen molar-refractivity contribution in [3.8, 4) is 0 Å². The maximum Gasteiger partial charge on any atom is 0.190 e. The highest BCUT2D eigenvalue weighted by Crippen LogP contribution is 2.40. The Morgan fingerprint density at radius 3 is 2.62 bits per heavy atom. The van der Waals surface area contributed by atoms with Crippen molar-refractivity contribution in [1.29, 1.82) is 0 Å². The second-order valence-corrected chi connectivity index (χ2v) is 7.89. The summed E-state index contributed by atoms with van der Waals surface area (Å²) >= 11 is 0. The molecule has 1 N–H and O–H groups in total. The van der Waals surface area contributed by atoms with Crippen molar-refractivity contribution in [3.05, 3.63) is 35.9 Å². The Morgan fingerprint density at radius 1 is 1.12 bits per heavy atom. The Hall–Kier alpha value is -0.980. The van der Waals surface area contributed by atoms with E-state index in [0.717, 1.165) is 37.7 Å². The fraction of sp³-hybridized carbons (Fsp3) is 0.714. The summed E-state index contributed by atoms with van der Waals surface area (Å²) in [6, 6.07) is 10.2. The van der Waals surface area contributed by atoms with Gasteiger partial charge in [0, 0.05) is 0 Å². The van der Waals surface area contributed by atoms with Gasteiger partial charge in [0.2, 0.25) is 0 Å². The molecule has 0 radical (unpaired) electrons. The normalized spacial score (nSPS) is 31.1. The Balaban J connectivity index is 1.54. The minimum absolute atomic E-state index is 0.0173. The van der Waals surface area contributed by atoms with Crippen molar-refractivity contribution < 1.29 is 24.1 Å². The van der Waals surface area contributed by atoms with Crippen LogP contribution >= 0.6 is 0 Å². The molecule has 146 valence electrons. The summed E-state index contributed by atoms with van der Waals surface area (Å²) in [6.45, 7) is 6.20. The third-order valence-electron chi connectivity index (χ3n) is 4.98. The van der Waals surface area contributed by atoms with E-state index in [4.69, 9.17) is 18.9 Å². The molecule has 5 heteroatoms. The van der Waals surface area contributed by atoms with Crippen molar-refractivity contribution >= 4 is 0 Å². The van der Waals surface area contributed by atoms with E-state index in [-0.39, 0.29) is 30.7 Å². The van der Waals surface area contributed by atoms with Crippen LogP contribution in [0, 0.1) is 0 Å². The second kappa shape index (κ2) is 8.81. The highest BCUT2D eigenvalue weighted by molar-refractivity contribution is 5.13. The molecule has 5 nitrogen and oxygen atoms in total. The third-order valence-corrected chi connectivity index (χ3v) is 4.98. The Morgan fingerprint density at radius 2 is 1.88 bits per heavy atom. The summed E-state index contributed by atoms with van der Waals surface area (Å²) in [5.41, 5.74) is 1.14. The van der Waals surface area contributed by atoms with Gasteiger partial charge in [-0.1, -0.05) is 49.6 Å².